The summed E-state index contributed by atoms with van der Waals surface area (Å²) >= 11 is 0. The number of benzene rings is 2. The van der Waals surface area contributed by atoms with E-state index in [1.165, 1.54) is 5.56 Å². The lowest BCUT2D eigenvalue weighted by Crippen LogP contribution is -2.35. The first-order valence-corrected chi connectivity index (χ1v) is 9.28. The van der Waals surface area contributed by atoms with Gasteiger partial charge in [0.05, 0.1) is 32.8 Å². The summed E-state index contributed by atoms with van der Waals surface area (Å²) in [5, 5.41) is 9.54. The average Bonchev–Trinajstić information content (AvgIpc) is 3.18. The lowest BCUT2D eigenvalue weighted by atomic mass is 9.85. The zero-order valence-electron chi connectivity index (χ0n) is 15.8. The van der Waals surface area contributed by atoms with Crippen molar-refractivity contribution in [3.05, 3.63) is 46.5 Å². The van der Waals surface area contributed by atoms with Gasteiger partial charge in [-0.05, 0) is 41.8 Å². The van der Waals surface area contributed by atoms with Crippen molar-refractivity contribution in [2.75, 3.05) is 27.6 Å². The van der Waals surface area contributed by atoms with Gasteiger partial charge in [0.15, 0.2) is 23.0 Å². The molecule has 0 aliphatic carbocycles. The van der Waals surface area contributed by atoms with Crippen molar-refractivity contribution in [3.63, 3.8) is 0 Å². The number of nitrogens with zero attached hydrogens (tertiary/aromatic N) is 2. The van der Waals surface area contributed by atoms with Crippen molar-refractivity contribution in [3.8, 4) is 29.1 Å². The summed E-state index contributed by atoms with van der Waals surface area (Å²) in [4.78, 5) is 2.30. The van der Waals surface area contributed by atoms with Gasteiger partial charge in [0, 0.05) is 23.4 Å². The average molecular weight is 376 g/mol. The maximum absolute atomic E-state index is 9.54. The third-order valence-corrected chi connectivity index (χ3v) is 5.71. The molecule has 1 unspecified atom stereocenters. The molecule has 0 bridgehead atoms. The third-order valence-electron chi connectivity index (χ3n) is 5.71. The van der Waals surface area contributed by atoms with Crippen molar-refractivity contribution in [1.29, 1.82) is 5.26 Å². The second-order valence-corrected chi connectivity index (χ2v) is 7.02. The van der Waals surface area contributed by atoms with Gasteiger partial charge in [0.2, 0.25) is 6.79 Å². The van der Waals surface area contributed by atoms with E-state index < -0.39 is 0 Å². The number of hydrogen-bond donors (Lipinski definition) is 0. The van der Waals surface area contributed by atoms with Crippen LogP contribution in [0.5, 0.6) is 23.0 Å². The summed E-state index contributed by atoms with van der Waals surface area (Å²) in [6.07, 6.45) is 3.42. The fourth-order valence-corrected chi connectivity index (χ4v) is 4.47. The Kier molecular flexibility index (Phi) is 3.83. The van der Waals surface area contributed by atoms with E-state index in [-0.39, 0.29) is 12.8 Å². The smallest absolute Gasteiger partial charge is 0.231 e. The fourth-order valence-electron chi connectivity index (χ4n) is 4.47. The van der Waals surface area contributed by atoms with Crippen LogP contribution >= 0.6 is 0 Å². The number of hydrogen-bond acceptors (Lipinski definition) is 6. The topological polar surface area (TPSA) is 64.0 Å². The third kappa shape index (κ3) is 2.32. The lowest BCUT2D eigenvalue weighted by Gasteiger charge is -2.42. The highest BCUT2D eigenvalue weighted by Gasteiger charge is 2.36. The zero-order chi connectivity index (χ0) is 19.3. The van der Waals surface area contributed by atoms with E-state index in [1.807, 2.05) is 12.1 Å². The van der Waals surface area contributed by atoms with Crippen LogP contribution in [0.1, 0.15) is 34.7 Å². The van der Waals surface area contributed by atoms with E-state index in [1.54, 1.807) is 14.2 Å². The molecule has 0 radical (unpaired) electrons. The second-order valence-electron chi connectivity index (χ2n) is 7.02. The molecule has 0 spiro atoms. The minimum atomic E-state index is -0.0939. The van der Waals surface area contributed by atoms with Crippen LogP contribution in [0.2, 0.25) is 0 Å². The van der Waals surface area contributed by atoms with E-state index in [0.717, 1.165) is 46.9 Å². The molecule has 5 rings (SSSR count). The van der Waals surface area contributed by atoms with Gasteiger partial charge in [-0.25, -0.2) is 0 Å². The predicted molar refractivity (Wildman–Crippen MR) is 103 cm³/mol. The molecule has 0 aromatic heterocycles. The summed E-state index contributed by atoms with van der Waals surface area (Å²) in [5.41, 5.74) is 5.55. The van der Waals surface area contributed by atoms with Crippen LogP contribution in [0.25, 0.3) is 11.8 Å². The Morgan fingerprint density at radius 2 is 2.00 bits per heavy atom. The maximum atomic E-state index is 9.54. The first-order chi connectivity index (χ1) is 13.7. The van der Waals surface area contributed by atoms with Crippen LogP contribution in [-0.2, 0) is 6.42 Å². The van der Waals surface area contributed by atoms with E-state index in [4.69, 9.17) is 18.9 Å². The quantitative estimate of drug-likeness (QED) is 0.813. The highest BCUT2D eigenvalue weighted by atomic mass is 16.7. The Morgan fingerprint density at radius 3 is 2.75 bits per heavy atom. The summed E-state index contributed by atoms with van der Waals surface area (Å²) in [6.45, 7) is 1.09. The normalized spacial score (nSPS) is 18.4. The van der Waals surface area contributed by atoms with Gasteiger partial charge in [-0.1, -0.05) is 6.07 Å². The Balaban J connectivity index is 1.72. The Bertz CT molecular complexity index is 1040. The van der Waals surface area contributed by atoms with Crippen molar-refractivity contribution in [1.82, 2.24) is 4.90 Å². The molecule has 0 saturated carbocycles. The van der Waals surface area contributed by atoms with Crippen LogP contribution in [0.4, 0.5) is 0 Å². The molecular weight excluding hydrogens is 356 g/mol. The molecule has 6 nitrogen and oxygen atoms in total. The Morgan fingerprint density at radius 1 is 1.18 bits per heavy atom. The molecule has 6 heteroatoms. The molecule has 142 valence electrons. The fraction of sp³-hybridized carbons (Fsp3) is 0.318. The molecule has 1 atom stereocenters. The summed E-state index contributed by atoms with van der Waals surface area (Å²) in [7, 11) is 3.28. The van der Waals surface area contributed by atoms with Crippen LogP contribution in [0.3, 0.4) is 0 Å². The van der Waals surface area contributed by atoms with Crippen molar-refractivity contribution in [2.45, 2.75) is 18.9 Å². The van der Waals surface area contributed by atoms with Gasteiger partial charge in [0.1, 0.15) is 0 Å². The van der Waals surface area contributed by atoms with Crippen LogP contribution < -0.4 is 18.9 Å². The number of nitriles is 1. The van der Waals surface area contributed by atoms with Crippen LogP contribution in [0, 0.1) is 11.3 Å². The predicted octanol–water partition coefficient (Wildman–Crippen LogP) is 3.76. The lowest BCUT2D eigenvalue weighted by molar-refractivity contribution is 0.174. The molecule has 0 saturated heterocycles. The molecule has 2 aromatic rings. The molecule has 0 N–H and O–H groups in total. The standard InChI is InChI=1S/C22H20N2O4/c1-25-18-4-3-14-9-17-15-11-20-19(27-12-28-20)10-13(15)6-8-24(17)16(5-7-23)21(14)22(18)26-2/h3-4,9-11,16H,5-6,8,12H2,1-2H3. The number of ether oxygens (including phenoxy) is 4. The van der Waals surface area contributed by atoms with Gasteiger partial charge in [-0.2, -0.15) is 5.26 Å². The van der Waals surface area contributed by atoms with E-state index in [2.05, 4.69) is 29.2 Å². The van der Waals surface area contributed by atoms with Crippen LogP contribution in [0.15, 0.2) is 24.3 Å². The minimum absolute atomic E-state index is 0.0939. The molecule has 3 aliphatic rings. The molecule has 0 amide bonds. The first-order valence-electron chi connectivity index (χ1n) is 9.28. The Hall–Kier alpha value is -3.33. The van der Waals surface area contributed by atoms with E-state index in [0.29, 0.717) is 17.9 Å². The summed E-state index contributed by atoms with van der Waals surface area (Å²) in [6, 6.07) is 10.4. The molecule has 3 aliphatic heterocycles. The SMILES string of the molecule is COc1ccc2c(c1OC)C(CC#N)N1CCc3cc4c(cc3C1=C2)OCO4. The van der Waals surface area contributed by atoms with Gasteiger partial charge >= 0.3 is 0 Å². The Labute approximate surface area is 163 Å². The van der Waals surface area contributed by atoms with Crippen molar-refractivity contribution in [2.24, 2.45) is 0 Å². The molecule has 28 heavy (non-hydrogen) atoms. The number of rotatable bonds is 3. The summed E-state index contributed by atoms with van der Waals surface area (Å²) in [5.74, 6) is 2.97. The zero-order valence-corrected chi connectivity index (χ0v) is 15.8. The monoisotopic (exact) mass is 376 g/mol. The highest BCUT2D eigenvalue weighted by molar-refractivity contribution is 5.88. The molecular formula is C22H20N2O4. The van der Waals surface area contributed by atoms with Gasteiger partial charge in [-0.3, -0.25) is 0 Å². The van der Waals surface area contributed by atoms with E-state index >= 15 is 0 Å². The summed E-state index contributed by atoms with van der Waals surface area (Å²) < 4.78 is 22.3. The van der Waals surface area contributed by atoms with Crippen molar-refractivity contribution < 1.29 is 18.9 Å². The van der Waals surface area contributed by atoms with Gasteiger partial charge < -0.3 is 23.8 Å². The molecule has 0 fully saturated rings. The second kappa shape index (κ2) is 6.38. The van der Waals surface area contributed by atoms with Gasteiger partial charge in [-0.15, -0.1) is 0 Å². The molecule has 2 aromatic carbocycles. The first kappa shape index (κ1) is 16.8. The van der Waals surface area contributed by atoms with Crippen molar-refractivity contribution >= 4 is 11.8 Å². The largest absolute Gasteiger partial charge is 0.493 e. The minimum Gasteiger partial charge on any atom is -0.493 e. The maximum Gasteiger partial charge on any atom is 0.231 e. The van der Waals surface area contributed by atoms with Crippen LogP contribution in [-0.4, -0.2) is 32.5 Å². The number of methoxy groups -OCH3 is 2. The van der Waals surface area contributed by atoms with E-state index in [9.17, 15) is 5.26 Å². The van der Waals surface area contributed by atoms with Gasteiger partial charge in [0.25, 0.3) is 0 Å². The molecule has 3 heterocycles. The number of fused-ring (bicyclic) bond motifs is 5. The highest BCUT2D eigenvalue weighted by Crippen LogP contribution is 2.50.